The lowest BCUT2D eigenvalue weighted by atomic mass is 9.85. The van der Waals surface area contributed by atoms with Crippen LogP contribution in [0.2, 0.25) is 0 Å². The Labute approximate surface area is 138 Å². The number of benzene rings is 1. The first-order valence-electron chi connectivity index (χ1n) is 8.40. The van der Waals surface area contributed by atoms with Gasteiger partial charge in [-0.25, -0.2) is 0 Å². The first-order valence-corrected chi connectivity index (χ1v) is 8.40. The molecule has 1 amide bonds. The summed E-state index contributed by atoms with van der Waals surface area (Å²) in [6, 6.07) is 6.43. The van der Waals surface area contributed by atoms with Crippen molar-refractivity contribution >= 4 is 11.9 Å². The van der Waals surface area contributed by atoms with Gasteiger partial charge in [-0.05, 0) is 54.7 Å². The summed E-state index contributed by atoms with van der Waals surface area (Å²) in [5, 5.41) is 11.9. The Morgan fingerprint density at radius 3 is 2.48 bits per heavy atom. The van der Waals surface area contributed by atoms with Gasteiger partial charge in [0.15, 0.2) is 0 Å². The highest BCUT2D eigenvalue weighted by Gasteiger charge is 2.26. The number of amides is 1. The van der Waals surface area contributed by atoms with Crippen LogP contribution in [0.15, 0.2) is 18.2 Å². The van der Waals surface area contributed by atoms with E-state index in [0.29, 0.717) is 0 Å². The molecule has 4 nitrogen and oxygen atoms in total. The Kier molecular flexibility index (Phi) is 5.45. The lowest BCUT2D eigenvalue weighted by molar-refractivity contribution is -0.139. The van der Waals surface area contributed by atoms with Crippen molar-refractivity contribution in [3.63, 3.8) is 0 Å². The number of carboxylic acids is 1. The summed E-state index contributed by atoms with van der Waals surface area (Å²) in [7, 11) is 0. The molecule has 1 atom stereocenters. The summed E-state index contributed by atoms with van der Waals surface area (Å²) >= 11 is 0. The predicted octanol–water partition coefficient (Wildman–Crippen LogP) is 3.63. The van der Waals surface area contributed by atoms with E-state index < -0.39 is 11.4 Å². The molecule has 0 saturated carbocycles. The molecule has 0 unspecified atom stereocenters. The summed E-state index contributed by atoms with van der Waals surface area (Å²) in [4.78, 5) is 23.1. The molecule has 1 aliphatic carbocycles. The molecule has 2 N–H and O–H groups in total. The van der Waals surface area contributed by atoms with E-state index in [9.17, 15) is 9.59 Å². The zero-order chi connectivity index (χ0) is 17.0. The molecule has 0 spiro atoms. The van der Waals surface area contributed by atoms with E-state index in [0.717, 1.165) is 18.4 Å². The van der Waals surface area contributed by atoms with Gasteiger partial charge >= 0.3 is 5.97 Å². The van der Waals surface area contributed by atoms with Gasteiger partial charge in [0.1, 0.15) is 0 Å². The van der Waals surface area contributed by atoms with E-state index >= 15 is 0 Å². The molecule has 1 aromatic rings. The molecule has 0 aliphatic heterocycles. The number of nitrogens with one attached hydrogen (secondary N) is 1. The standard InChI is InChI=1S/C19H27NO3/c1-13(20-17(21)11-19(2,3)12-18(22)23)15-9-8-14-6-4-5-7-16(14)10-15/h8-10,13H,4-7,11-12H2,1-3H3,(H,20,21)(H,22,23)/t13-/m1/s1. The minimum absolute atomic E-state index is 0.00630. The third-order valence-corrected chi connectivity index (χ3v) is 4.52. The molecule has 1 aliphatic rings. The van der Waals surface area contributed by atoms with Crippen molar-refractivity contribution in [1.82, 2.24) is 5.32 Å². The van der Waals surface area contributed by atoms with E-state index in [1.165, 1.54) is 24.0 Å². The molecule has 1 aromatic carbocycles. The summed E-state index contributed by atoms with van der Waals surface area (Å²) in [6.07, 6.45) is 4.98. The quantitative estimate of drug-likeness (QED) is 0.842. The highest BCUT2D eigenvalue weighted by molar-refractivity contribution is 5.78. The van der Waals surface area contributed by atoms with E-state index in [4.69, 9.17) is 5.11 Å². The highest BCUT2D eigenvalue weighted by atomic mass is 16.4. The molecule has 126 valence electrons. The van der Waals surface area contributed by atoms with Gasteiger partial charge in [0.05, 0.1) is 12.5 Å². The van der Waals surface area contributed by atoms with Crippen LogP contribution in [-0.2, 0) is 22.4 Å². The third-order valence-electron chi connectivity index (χ3n) is 4.52. The molecule has 4 heteroatoms. The minimum Gasteiger partial charge on any atom is -0.481 e. The van der Waals surface area contributed by atoms with Crippen molar-refractivity contribution in [2.75, 3.05) is 0 Å². The van der Waals surface area contributed by atoms with Gasteiger partial charge in [0, 0.05) is 6.42 Å². The van der Waals surface area contributed by atoms with Crippen LogP contribution in [0.1, 0.15) is 69.2 Å². The lowest BCUT2D eigenvalue weighted by Crippen LogP contribution is -2.32. The fraction of sp³-hybridized carbons (Fsp3) is 0.579. The smallest absolute Gasteiger partial charge is 0.303 e. The van der Waals surface area contributed by atoms with Crippen LogP contribution in [-0.4, -0.2) is 17.0 Å². The molecule has 0 fully saturated rings. The van der Waals surface area contributed by atoms with Crippen LogP contribution in [0, 0.1) is 5.41 Å². The monoisotopic (exact) mass is 317 g/mol. The predicted molar refractivity (Wildman–Crippen MR) is 90.3 cm³/mol. The van der Waals surface area contributed by atoms with Crippen molar-refractivity contribution in [2.24, 2.45) is 5.41 Å². The van der Waals surface area contributed by atoms with Gasteiger partial charge in [-0.1, -0.05) is 32.0 Å². The number of aryl methyl sites for hydroxylation is 2. The second-order valence-corrected chi connectivity index (χ2v) is 7.44. The first-order chi connectivity index (χ1) is 10.8. The van der Waals surface area contributed by atoms with Crippen LogP contribution in [0.3, 0.4) is 0 Å². The average molecular weight is 317 g/mol. The number of rotatable bonds is 6. The lowest BCUT2D eigenvalue weighted by Gasteiger charge is -2.24. The zero-order valence-electron chi connectivity index (χ0n) is 14.3. The Morgan fingerprint density at radius 1 is 1.17 bits per heavy atom. The number of carboxylic acid groups (broad SMARTS) is 1. The SMILES string of the molecule is C[C@@H](NC(=O)CC(C)(C)CC(=O)O)c1ccc2c(c1)CCCC2. The topological polar surface area (TPSA) is 66.4 Å². The van der Waals surface area contributed by atoms with Crippen LogP contribution in [0.4, 0.5) is 0 Å². The van der Waals surface area contributed by atoms with Crippen LogP contribution in [0.25, 0.3) is 0 Å². The highest BCUT2D eigenvalue weighted by Crippen LogP contribution is 2.27. The van der Waals surface area contributed by atoms with Crippen molar-refractivity contribution in [1.29, 1.82) is 0 Å². The molecule has 0 saturated heterocycles. The van der Waals surface area contributed by atoms with E-state index in [1.54, 1.807) is 0 Å². The van der Waals surface area contributed by atoms with Crippen molar-refractivity contribution in [3.05, 3.63) is 34.9 Å². The van der Waals surface area contributed by atoms with Gasteiger partial charge in [-0.3, -0.25) is 9.59 Å². The van der Waals surface area contributed by atoms with Crippen molar-refractivity contribution in [2.45, 2.75) is 65.3 Å². The van der Waals surface area contributed by atoms with E-state index in [2.05, 4.69) is 23.5 Å². The van der Waals surface area contributed by atoms with Gasteiger partial charge in [0.25, 0.3) is 0 Å². The molecule has 0 aromatic heterocycles. The molecule has 0 radical (unpaired) electrons. The molecular formula is C19H27NO3. The largest absolute Gasteiger partial charge is 0.481 e. The molecule has 0 heterocycles. The Bertz CT molecular complexity index is 592. The maximum absolute atomic E-state index is 12.2. The first kappa shape index (κ1) is 17.5. The van der Waals surface area contributed by atoms with Crippen LogP contribution in [0.5, 0.6) is 0 Å². The fourth-order valence-electron chi connectivity index (χ4n) is 3.31. The third kappa shape index (κ3) is 5.08. The second-order valence-electron chi connectivity index (χ2n) is 7.44. The number of carbonyl (C=O) groups is 2. The van der Waals surface area contributed by atoms with Crippen molar-refractivity contribution < 1.29 is 14.7 Å². The Hall–Kier alpha value is -1.84. The van der Waals surface area contributed by atoms with Crippen LogP contribution >= 0.6 is 0 Å². The molecule has 2 rings (SSSR count). The maximum atomic E-state index is 12.2. The van der Waals surface area contributed by atoms with Crippen molar-refractivity contribution in [3.8, 4) is 0 Å². The molecule has 0 bridgehead atoms. The minimum atomic E-state index is -0.870. The molecular weight excluding hydrogens is 290 g/mol. The summed E-state index contributed by atoms with van der Waals surface area (Å²) in [6.45, 7) is 5.60. The van der Waals surface area contributed by atoms with E-state index in [1.807, 2.05) is 20.8 Å². The Morgan fingerprint density at radius 2 is 1.83 bits per heavy atom. The van der Waals surface area contributed by atoms with E-state index in [-0.39, 0.29) is 24.8 Å². The Balaban J connectivity index is 1.97. The summed E-state index contributed by atoms with van der Waals surface area (Å²) < 4.78 is 0. The molecule has 23 heavy (non-hydrogen) atoms. The normalized spacial score (nSPS) is 15.6. The average Bonchev–Trinajstić information content (AvgIpc) is 2.44. The number of hydrogen-bond acceptors (Lipinski definition) is 2. The zero-order valence-corrected chi connectivity index (χ0v) is 14.3. The van der Waals surface area contributed by atoms with Gasteiger partial charge in [-0.15, -0.1) is 0 Å². The number of carbonyl (C=O) groups excluding carboxylic acids is 1. The number of aliphatic carboxylic acids is 1. The fourth-order valence-corrected chi connectivity index (χ4v) is 3.31. The number of hydrogen-bond donors (Lipinski definition) is 2. The van der Waals surface area contributed by atoms with Gasteiger partial charge in [-0.2, -0.15) is 0 Å². The van der Waals surface area contributed by atoms with Crippen LogP contribution < -0.4 is 5.32 Å². The summed E-state index contributed by atoms with van der Waals surface area (Å²) in [5.41, 5.74) is 3.42. The van der Waals surface area contributed by atoms with Gasteiger partial charge in [0.2, 0.25) is 5.91 Å². The second kappa shape index (κ2) is 7.16. The van der Waals surface area contributed by atoms with Gasteiger partial charge < -0.3 is 10.4 Å². The maximum Gasteiger partial charge on any atom is 0.303 e. The summed E-state index contributed by atoms with van der Waals surface area (Å²) in [5.74, 6) is -0.966. The number of fused-ring (bicyclic) bond motifs is 1.